The number of allylic oxidation sites excluding steroid dienone is 2. The zero-order valence-electron chi connectivity index (χ0n) is 25.2. The number of hydrogen-bond acceptors (Lipinski definition) is 4. The van der Waals surface area contributed by atoms with Gasteiger partial charge in [-0.05, 0) is 64.5 Å². The zero-order valence-corrected chi connectivity index (χ0v) is 27.2. The van der Waals surface area contributed by atoms with Gasteiger partial charge in [-0.2, -0.15) is 0 Å². The van der Waals surface area contributed by atoms with Gasteiger partial charge in [0.15, 0.2) is 0 Å². The Kier molecular flexibility index (Phi) is 8.08. The molecule has 214 valence electrons. The summed E-state index contributed by atoms with van der Waals surface area (Å²) in [6.07, 6.45) is 6.76. The van der Waals surface area contributed by atoms with Gasteiger partial charge in [-0.25, -0.2) is 0 Å². The second-order valence-corrected chi connectivity index (χ2v) is 21.9. The third-order valence-corrected chi connectivity index (χ3v) is 19.4. The predicted molar refractivity (Wildman–Crippen MR) is 168 cm³/mol. The molecule has 0 radical (unpaired) electrons. The van der Waals surface area contributed by atoms with Gasteiger partial charge in [-0.3, -0.25) is 4.79 Å². The van der Waals surface area contributed by atoms with Crippen LogP contribution in [0.25, 0.3) is 0 Å². The van der Waals surface area contributed by atoms with Crippen LogP contribution in [0, 0.1) is 11.3 Å². The van der Waals surface area contributed by atoms with Crippen LogP contribution in [0.4, 0.5) is 0 Å². The first-order valence-corrected chi connectivity index (χ1v) is 19.7. The number of carbonyl (C=O) groups excluding carboxylic acids is 1. The highest BCUT2D eigenvalue weighted by Crippen LogP contribution is 2.54. The third kappa shape index (κ3) is 4.66. The van der Waals surface area contributed by atoms with Crippen molar-refractivity contribution < 1.29 is 18.4 Å². The molecule has 4 bridgehead atoms. The highest BCUT2D eigenvalue weighted by molar-refractivity contribution is 6.99. The van der Waals surface area contributed by atoms with Crippen molar-refractivity contribution in [3.8, 4) is 0 Å². The van der Waals surface area contributed by atoms with Crippen molar-refractivity contribution in [1.82, 2.24) is 0 Å². The Hall–Kier alpha value is -2.42. The molecule has 1 aliphatic heterocycles. The molecule has 0 aromatic heterocycles. The minimum atomic E-state index is -2.82. The Labute approximate surface area is 243 Å². The van der Waals surface area contributed by atoms with Crippen LogP contribution in [-0.2, 0) is 18.4 Å². The SMILES string of the molecule is CC[Si](CC)(CC)OC1=CC[C@@]2(CO[Si](c3ccccc3)(c3ccccc3)C(C)(C)C)C(=O)O[C@H]3C2=CCC[C@@H]13. The molecule has 0 amide bonds. The van der Waals surface area contributed by atoms with Gasteiger partial charge in [-0.15, -0.1) is 0 Å². The average molecular weight is 575 g/mol. The monoisotopic (exact) mass is 574 g/mol. The summed E-state index contributed by atoms with van der Waals surface area (Å²) >= 11 is 0. The molecular weight excluding hydrogens is 529 g/mol. The summed E-state index contributed by atoms with van der Waals surface area (Å²) in [5.74, 6) is 1.05. The molecule has 6 heteroatoms. The lowest BCUT2D eigenvalue weighted by molar-refractivity contribution is -0.151. The van der Waals surface area contributed by atoms with Crippen molar-refractivity contribution in [2.75, 3.05) is 6.61 Å². The highest BCUT2D eigenvalue weighted by Gasteiger charge is 2.60. The van der Waals surface area contributed by atoms with E-state index in [4.69, 9.17) is 13.6 Å². The van der Waals surface area contributed by atoms with E-state index in [-0.39, 0.29) is 23.0 Å². The molecule has 1 saturated heterocycles. The Morgan fingerprint density at radius 1 is 0.900 bits per heavy atom. The molecule has 2 aromatic rings. The van der Waals surface area contributed by atoms with Crippen molar-refractivity contribution in [2.24, 2.45) is 11.3 Å². The number of carbonyl (C=O) groups is 1. The number of ether oxygens (including phenoxy) is 1. The number of hydrogen-bond donors (Lipinski definition) is 0. The van der Waals surface area contributed by atoms with Gasteiger partial charge in [-0.1, -0.05) is 108 Å². The number of benzene rings is 2. The highest BCUT2D eigenvalue weighted by atomic mass is 28.4. The molecule has 1 heterocycles. The van der Waals surface area contributed by atoms with Crippen LogP contribution in [0.3, 0.4) is 0 Å². The van der Waals surface area contributed by atoms with Gasteiger partial charge in [0.2, 0.25) is 8.32 Å². The van der Waals surface area contributed by atoms with E-state index in [1.807, 2.05) is 0 Å². The maximum Gasteiger partial charge on any atom is 0.319 e. The molecule has 0 saturated carbocycles. The standard InChI is InChI=1S/C34H46O4Si2/c1-7-39(8-2,9-3)38-30-23-24-34(29-22-16-21-28(30)31(29)37-32(34)35)25-36-40(33(4,5)6,26-17-12-10-13-18-26)27-19-14-11-15-20-27/h10-15,17-20,22-23,28,31H,7-9,16,21,24-25H2,1-6H3/t28-,31+,34-/m0/s1. The molecule has 0 N–H and O–H groups in total. The van der Waals surface area contributed by atoms with Gasteiger partial charge in [0.05, 0.1) is 18.3 Å². The van der Waals surface area contributed by atoms with Crippen LogP contribution in [0.5, 0.6) is 0 Å². The van der Waals surface area contributed by atoms with Crippen molar-refractivity contribution in [3.05, 3.63) is 84.1 Å². The van der Waals surface area contributed by atoms with Crippen LogP contribution in [0.1, 0.15) is 60.8 Å². The Morgan fingerprint density at radius 3 is 2.00 bits per heavy atom. The maximum atomic E-state index is 13.9. The third-order valence-electron chi connectivity index (χ3n) is 9.93. The molecule has 3 aliphatic rings. The van der Waals surface area contributed by atoms with Crippen LogP contribution in [-0.4, -0.2) is 35.3 Å². The first-order chi connectivity index (χ1) is 19.2. The summed E-state index contributed by atoms with van der Waals surface area (Å²) < 4.78 is 20.7. The lowest BCUT2D eigenvalue weighted by Crippen LogP contribution is -2.67. The maximum absolute atomic E-state index is 13.9. The van der Waals surface area contributed by atoms with Crippen LogP contribution < -0.4 is 10.4 Å². The zero-order chi connectivity index (χ0) is 28.6. The van der Waals surface area contributed by atoms with Crippen molar-refractivity contribution in [1.29, 1.82) is 0 Å². The van der Waals surface area contributed by atoms with Crippen molar-refractivity contribution >= 4 is 33.0 Å². The molecule has 0 spiro atoms. The molecule has 4 nitrogen and oxygen atoms in total. The van der Waals surface area contributed by atoms with Crippen LogP contribution >= 0.6 is 0 Å². The Bertz CT molecular complexity index is 1210. The van der Waals surface area contributed by atoms with Gasteiger partial charge in [0.1, 0.15) is 11.5 Å². The van der Waals surface area contributed by atoms with E-state index in [0.29, 0.717) is 13.0 Å². The molecule has 5 rings (SSSR count). The topological polar surface area (TPSA) is 44.8 Å². The summed E-state index contributed by atoms with van der Waals surface area (Å²) in [6.45, 7) is 14.0. The Morgan fingerprint density at radius 2 is 1.48 bits per heavy atom. The van der Waals surface area contributed by atoms with Crippen molar-refractivity contribution in [2.45, 2.75) is 90.1 Å². The fourth-order valence-corrected chi connectivity index (χ4v) is 14.6. The molecular formula is C34H46O4Si2. The van der Waals surface area contributed by atoms with Gasteiger partial charge >= 0.3 is 5.97 Å². The van der Waals surface area contributed by atoms with E-state index in [2.05, 4.69) is 114 Å². The van der Waals surface area contributed by atoms with E-state index in [1.54, 1.807) is 0 Å². The Balaban J connectivity index is 1.58. The normalized spacial score (nSPS) is 24.6. The quantitative estimate of drug-likeness (QED) is 0.172. The second kappa shape index (κ2) is 11.1. The van der Waals surface area contributed by atoms with Crippen LogP contribution in [0.15, 0.2) is 84.1 Å². The lowest BCUT2D eigenvalue weighted by atomic mass is 9.74. The van der Waals surface area contributed by atoms with E-state index in [0.717, 1.165) is 42.3 Å². The summed E-state index contributed by atoms with van der Waals surface area (Å²) in [4.78, 5) is 13.9. The second-order valence-electron chi connectivity index (χ2n) is 12.9. The fraction of sp³-hybridized carbons (Fsp3) is 0.500. The van der Waals surface area contributed by atoms with Crippen LogP contribution in [0.2, 0.25) is 23.2 Å². The molecule has 0 unspecified atom stereocenters. The van der Waals surface area contributed by atoms with E-state index < -0.39 is 22.0 Å². The minimum absolute atomic E-state index is 0.109. The largest absolute Gasteiger partial charge is 0.546 e. The molecule has 2 aliphatic carbocycles. The van der Waals surface area contributed by atoms with Gasteiger partial charge in [0, 0.05) is 0 Å². The molecule has 2 aromatic carbocycles. The fourth-order valence-electron chi connectivity index (χ4n) is 7.31. The first kappa shape index (κ1) is 29.1. The van der Waals surface area contributed by atoms with E-state index >= 15 is 0 Å². The predicted octanol–water partition coefficient (Wildman–Crippen LogP) is 7.12. The van der Waals surface area contributed by atoms with Gasteiger partial charge in [0.25, 0.3) is 8.32 Å². The smallest absolute Gasteiger partial charge is 0.319 e. The molecule has 40 heavy (non-hydrogen) atoms. The summed E-state index contributed by atoms with van der Waals surface area (Å²) in [7, 11) is -4.68. The van der Waals surface area contributed by atoms with Gasteiger partial charge < -0.3 is 13.6 Å². The lowest BCUT2D eigenvalue weighted by Gasteiger charge is -2.44. The number of esters is 1. The summed E-state index contributed by atoms with van der Waals surface area (Å²) in [6, 6.07) is 24.6. The van der Waals surface area contributed by atoms with Crippen molar-refractivity contribution in [3.63, 3.8) is 0 Å². The van der Waals surface area contributed by atoms with E-state index in [9.17, 15) is 4.79 Å². The summed E-state index contributed by atoms with van der Waals surface area (Å²) in [5.41, 5.74) is 0.314. The minimum Gasteiger partial charge on any atom is -0.546 e. The molecule has 1 fully saturated rings. The average Bonchev–Trinajstić information content (AvgIpc) is 3.23. The number of rotatable bonds is 10. The van der Waals surface area contributed by atoms with E-state index in [1.165, 1.54) is 10.4 Å². The summed E-state index contributed by atoms with van der Waals surface area (Å²) in [5, 5.41) is 2.28. The first-order valence-electron chi connectivity index (χ1n) is 15.2. The molecule has 3 atom stereocenters.